The van der Waals surface area contributed by atoms with E-state index in [9.17, 15) is 0 Å². The molecular formula is C17H19Br. The maximum atomic E-state index is 3.59. The number of rotatable bonds is 3. The van der Waals surface area contributed by atoms with Crippen molar-refractivity contribution in [3.8, 4) is 0 Å². The van der Waals surface area contributed by atoms with Gasteiger partial charge < -0.3 is 0 Å². The van der Waals surface area contributed by atoms with E-state index in [0.717, 1.165) is 5.33 Å². The highest BCUT2D eigenvalue weighted by molar-refractivity contribution is 9.09. The van der Waals surface area contributed by atoms with Crippen LogP contribution in [0.2, 0.25) is 0 Å². The van der Waals surface area contributed by atoms with Gasteiger partial charge in [-0.1, -0.05) is 60.1 Å². The minimum Gasteiger partial charge on any atom is -0.0928 e. The second kappa shape index (κ2) is 4.38. The molecule has 0 spiro atoms. The van der Waals surface area contributed by atoms with Crippen molar-refractivity contribution in [1.29, 1.82) is 0 Å². The van der Waals surface area contributed by atoms with Crippen molar-refractivity contribution >= 4 is 26.7 Å². The van der Waals surface area contributed by atoms with Crippen LogP contribution in [0.15, 0.2) is 30.3 Å². The van der Waals surface area contributed by atoms with Crippen molar-refractivity contribution in [2.45, 2.75) is 38.5 Å². The Balaban J connectivity index is 2.27. The number of hydrogen-bond donors (Lipinski definition) is 0. The lowest BCUT2D eigenvalue weighted by Crippen LogP contribution is -2.18. The third-order valence-corrected chi connectivity index (χ3v) is 4.72. The zero-order chi connectivity index (χ0) is 12.8. The first kappa shape index (κ1) is 12.2. The average Bonchev–Trinajstić information content (AvgIpc) is 2.75. The summed E-state index contributed by atoms with van der Waals surface area (Å²) in [5, 5.41) is 4.08. The Morgan fingerprint density at radius 2 is 1.78 bits per heavy atom. The van der Waals surface area contributed by atoms with Crippen molar-refractivity contribution in [3.63, 3.8) is 0 Å². The quantitative estimate of drug-likeness (QED) is 0.700. The smallest absolute Gasteiger partial charge is 0.00395 e. The summed E-state index contributed by atoms with van der Waals surface area (Å²) < 4.78 is 0. The molecular weight excluding hydrogens is 284 g/mol. The normalized spacial score (nSPS) is 14.4. The fraction of sp³-hybridized carbons (Fsp3) is 0.412. The summed E-state index contributed by atoms with van der Waals surface area (Å²) >= 11 is 3.59. The summed E-state index contributed by atoms with van der Waals surface area (Å²) in [5.74, 6) is 0. The standard InChI is InChI=1S/C17H19Br/c1-17(2,10-11-18)15-9-8-13-7-6-12-4-3-5-14(15)16(12)13/h3-5,8-9H,6-7,10-11H2,1-2H3. The van der Waals surface area contributed by atoms with Crippen molar-refractivity contribution < 1.29 is 0 Å². The lowest BCUT2D eigenvalue weighted by atomic mass is 9.79. The molecule has 1 heteroatoms. The predicted octanol–water partition coefficient (Wildman–Crippen LogP) is 5.00. The number of aryl methyl sites for hydroxylation is 2. The highest BCUT2D eigenvalue weighted by Crippen LogP contribution is 2.38. The topological polar surface area (TPSA) is 0 Å². The fourth-order valence-corrected chi connectivity index (χ4v) is 4.20. The molecule has 0 nitrogen and oxygen atoms in total. The Labute approximate surface area is 118 Å². The second-order valence-corrected chi connectivity index (χ2v) is 6.73. The molecule has 2 aromatic rings. The third-order valence-electron chi connectivity index (χ3n) is 4.33. The minimum atomic E-state index is 0.239. The van der Waals surface area contributed by atoms with Crippen molar-refractivity contribution in [2.24, 2.45) is 0 Å². The lowest BCUT2D eigenvalue weighted by molar-refractivity contribution is 0.517. The summed E-state index contributed by atoms with van der Waals surface area (Å²) in [4.78, 5) is 0. The van der Waals surface area contributed by atoms with Crippen LogP contribution in [0.5, 0.6) is 0 Å². The van der Waals surface area contributed by atoms with Gasteiger partial charge in [-0.3, -0.25) is 0 Å². The van der Waals surface area contributed by atoms with Gasteiger partial charge in [0.1, 0.15) is 0 Å². The molecule has 0 amide bonds. The summed E-state index contributed by atoms with van der Waals surface area (Å²) in [7, 11) is 0. The van der Waals surface area contributed by atoms with Gasteiger partial charge in [-0.15, -0.1) is 0 Å². The average molecular weight is 303 g/mol. The molecule has 0 radical (unpaired) electrons. The van der Waals surface area contributed by atoms with Crippen LogP contribution >= 0.6 is 15.9 Å². The van der Waals surface area contributed by atoms with Crippen LogP contribution in [0, 0.1) is 0 Å². The molecule has 0 fully saturated rings. The van der Waals surface area contributed by atoms with Crippen LogP contribution in [-0.4, -0.2) is 5.33 Å². The molecule has 0 unspecified atom stereocenters. The van der Waals surface area contributed by atoms with Gasteiger partial charge in [0.2, 0.25) is 0 Å². The molecule has 0 aliphatic heterocycles. The van der Waals surface area contributed by atoms with Crippen molar-refractivity contribution in [1.82, 2.24) is 0 Å². The van der Waals surface area contributed by atoms with Crippen LogP contribution in [0.1, 0.15) is 37.0 Å². The Morgan fingerprint density at radius 3 is 2.50 bits per heavy atom. The van der Waals surface area contributed by atoms with E-state index in [4.69, 9.17) is 0 Å². The van der Waals surface area contributed by atoms with E-state index in [1.54, 1.807) is 11.1 Å². The molecule has 2 aromatic carbocycles. The van der Waals surface area contributed by atoms with Gasteiger partial charge in [-0.2, -0.15) is 0 Å². The Kier molecular flexibility index (Phi) is 2.97. The van der Waals surface area contributed by atoms with E-state index in [1.165, 1.54) is 35.6 Å². The maximum absolute atomic E-state index is 3.59. The molecule has 0 atom stereocenters. The molecule has 1 aliphatic rings. The van der Waals surface area contributed by atoms with E-state index in [1.807, 2.05) is 0 Å². The van der Waals surface area contributed by atoms with Crippen molar-refractivity contribution in [2.75, 3.05) is 5.33 Å². The van der Waals surface area contributed by atoms with E-state index < -0.39 is 0 Å². The largest absolute Gasteiger partial charge is 0.0928 e. The molecule has 0 aromatic heterocycles. The molecule has 0 N–H and O–H groups in total. The highest BCUT2D eigenvalue weighted by Gasteiger charge is 2.24. The van der Waals surface area contributed by atoms with Gasteiger partial charge in [0, 0.05) is 5.33 Å². The zero-order valence-electron chi connectivity index (χ0n) is 11.1. The first-order valence-corrected chi connectivity index (χ1v) is 7.85. The number of hydrogen-bond acceptors (Lipinski definition) is 0. The molecule has 0 heterocycles. The molecule has 3 rings (SSSR count). The summed E-state index contributed by atoms with van der Waals surface area (Å²) in [6.07, 6.45) is 3.61. The summed E-state index contributed by atoms with van der Waals surface area (Å²) in [5.41, 5.74) is 4.82. The summed E-state index contributed by atoms with van der Waals surface area (Å²) in [6.45, 7) is 4.71. The van der Waals surface area contributed by atoms with Gasteiger partial charge in [-0.25, -0.2) is 0 Å². The predicted molar refractivity (Wildman–Crippen MR) is 82.8 cm³/mol. The van der Waals surface area contributed by atoms with Gasteiger partial charge >= 0.3 is 0 Å². The first-order chi connectivity index (χ1) is 8.63. The SMILES string of the molecule is CC(C)(CCBr)c1ccc2c3c(cccc13)CC2. The van der Waals surface area contributed by atoms with Crippen LogP contribution in [0.3, 0.4) is 0 Å². The zero-order valence-corrected chi connectivity index (χ0v) is 12.7. The third kappa shape index (κ3) is 1.80. The number of halogens is 1. The summed E-state index contributed by atoms with van der Waals surface area (Å²) in [6, 6.07) is 11.5. The van der Waals surface area contributed by atoms with Crippen LogP contribution < -0.4 is 0 Å². The van der Waals surface area contributed by atoms with E-state index >= 15 is 0 Å². The molecule has 0 saturated heterocycles. The monoisotopic (exact) mass is 302 g/mol. The van der Waals surface area contributed by atoms with Gasteiger partial charge in [0.05, 0.1) is 0 Å². The fourth-order valence-electron chi connectivity index (χ4n) is 3.21. The molecule has 0 bridgehead atoms. The Hall–Kier alpha value is -0.820. The van der Waals surface area contributed by atoms with Crippen molar-refractivity contribution in [3.05, 3.63) is 47.0 Å². The minimum absolute atomic E-state index is 0.239. The van der Waals surface area contributed by atoms with Gasteiger partial charge in [-0.05, 0) is 52.1 Å². The molecule has 94 valence electrons. The molecule has 1 aliphatic carbocycles. The van der Waals surface area contributed by atoms with Gasteiger partial charge in [0.15, 0.2) is 0 Å². The molecule has 0 saturated carbocycles. The molecule has 18 heavy (non-hydrogen) atoms. The highest BCUT2D eigenvalue weighted by atomic mass is 79.9. The number of alkyl halides is 1. The van der Waals surface area contributed by atoms with Crippen LogP contribution in [-0.2, 0) is 18.3 Å². The van der Waals surface area contributed by atoms with E-state index in [2.05, 4.69) is 60.1 Å². The first-order valence-electron chi connectivity index (χ1n) is 6.73. The second-order valence-electron chi connectivity index (χ2n) is 5.93. The maximum Gasteiger partial charge on any atom is 0.00395 e. The number of benzene rings is 2. The van der Waals surface area contributed by atoms with E-state index in [-0.39, 0.29) is 5.41 Å². The van der Waals surface area contributed by atoms with Gasteiger partial charge in [0.25, 0.3) is 0 Å². The van der Waals surface area contributed by atoms with E-state index in [0.29, 0.717) is 0 Å². The van der Waals surface area contributed by atoms with Crippen LogP contribution in [0.25, 0.3) is 10.8 Å². The Morgan fingerprint density at radius 1 is 1.06 bits per heavy atom. The Bertz CT molecular complexity index is 586. The lowest BCUT2D eigenvalue weighted by Gasteiger charge is -2.26. The van der Waals surface area contributed by atoms with Crippen LogP contribution in [0.4, 0.5) is 0 Å².